The molecule has 0 saturated heterocycles. The van der Waals surface area contributed by atoms with E-state index in [2.05, 4.69) is 5.32 Å². The number of carbonyl (C=O) groups excluding carboxylic acids is 2. The Labute approximate surface area is 134 Å². The average molecular weight is 308 g/mol. The van der Waals surface area contributed by atoms with Crippen molar-refractivity contribution in [3.05, 3.63) is 71.3 Å². The fraction of sp³-hybridized carbons (Fsp3) is 0.167. The summed E-state index contributed by atoms with van der Waals surface area (Å²) >= 11 is 0. The van der Waals surface area contributed by atoms with Crippen LogP contribution in [0.25, 0.3) is 0 Å². The van der Waals surface area contributed by atoms with Gasteiger partial charge in [-0.3, -0.25) is 4.79 Å². The highest BCUT2D eigenvalue weighted by molar-refractivity contribution is 5.96. The molecule has 0 bridgehead atoms. The molecule has 0 aliphatic carbocycles. The number of methoxy groups -OCH3 is 1. The molecule has 2 aromatic carbocycles. The zero-order valence-corrected chi connectivity index (χ0v) is 12.7. The lowest BCUT2D eigenvalue weighted by Gasteiger charge is -2.16. The monoisotopic (exact) mass is 308 g/mol. The molecule has 0 fully saturated rings. The van der Waals surface area contributed by atoms with Crippen LogP contribution in [-0.4, -0.2) is 25.0 Å². The van der Waals surface area contributed by atoms with Crippen molar-refractivity contribution in [1.82, 2.24) is 5.32 Å². The first-order valence-electron chi connectivity index (χ1n) is 7.07. The number of carbonyl (C=O) groups is 2. The van der Waals surface area contributed by atoms with Crippen molar-refractivity contribution < 1.29 is 14.3 Å². The van der Waals surface area contributed by atoms with Crippen molar-refractivity contribution in [2.75, 3.05) is 7.11 Å². The molecule has 0 radical (unpaired) electrons. The summed E-state index contributed by atoms with van der Waals surface area (Å²) in [7, 11) is 1.28. The summed E-state index contributed by atoms with van der Waals surface area (Å²) in [4.78, 5) is 24.1. The predicted molar refractivity (Wildman–Crippen MR) is 84.6 cm³/mol. The molecule has 1 atom stereocenters. The quantitative estimate of drug-likeness (QED) is 0.858. The van der Waals surface area contributed by atoms with Gasteiger partial charge in [-0.1, -0.05) is 30.3 Å². The minimum Gasteiger partial charge on any atom is -0.467 e. The Hall–Kier alpha value is -3.13. The lowest BCUT2D eigenvalue weighted by molar-refractivity contribution is -0.142. The van der Waals surface area contributed by atoms with E-state index in [1.54, 1.807) is 48.5 Å². The molecule has 1 amide bonds. The first-order chi connectivity index (χ1) is 11.1. The molecule has 0 saturated carbocycles. The van der Waals surface area contributed by atoms with Gasteiger partial charge in [0.2, 0.25) is 0 Å². The van der Waals surface area contributed by atoms with Crippen LogP contribution in [0.5, 0.6) is 0 Å². The molecule has 2 aromatic rings. The van der Waals surface area contributed by atoms with Crippen LogP contribution in [0.1, 0.15) is 21.5 Å². The summed E-state index contributed by atoms with van der Waals surface area (Å²) in [5, 5.41) is 11.5. The summed E-state index contributed by atoms with van der Waals surface area (Å²) in [6.07, 6.45) is 0.289. The van der Waals surface area contributed by atoms with Crippen LogP contribution in [0, 0.1) is 11.3 Å². The van der Waals surface area contributed by atoms with Crippen molar-refractivity contribution >= 4 is 11.9 Å². The van der Waals surface area contributed by atoms with Gasteiger partial charge in [0.05, 0.1) is 18.7 Å². The Bertz CT molecular complexity index is 718. The second-order valence-electron chi connectivity index (χ2n) is 4.93. The fourth-order valence-corrected chi connectivity index (χ4v) is 2.12. The van der Waals surface area contributed by atoms with Gasteiger partial charge >= 0.3 is 5.97 Å². The van der Waals surface area contributed by atoms with Gasteiger partial charge in [-0.15, -0.1) is 0 Å². The van der Waals surface area contributed by atoms with E-state index in [-0.39, 0.29) is 12.3 Å². The van der Waals surface area contributed by atoms with Crippen LogP contribution in [0.4, 0.5) is 0 Å². The van der Waals surface area contributed by atoms with E-state index in [4.69, 9.17) is 10.00 Å². The number of hydrogen-bond donors (Lipinski definition) is 1. The molecule has 5 nitrogen and oxygen atoms in total. The van der Waals surface area contributed by atoms with Crippen molar-refractivity contribution in [2.24, 2.45) is 0 Å². The average Bonchev–Trinajstić information content (AvgIpc) is 2.61. The first kappa shape index (κ1) is 16.2. The van der Waals surface area contributed by atoms with E-state index in [0.717, 1.165) is 5.56 Å². The van der Waals surface area contributed by atoms with Gasteiger partial charge in [0, 0.05) is 12.0 Å². The third-order valence-electron chi connectivity index (χ3n) is 3.35. The number of rotatable bonds is 5. The summed E-state index contributed by atoms with van der Waals surface area (Å²) < 4.78 is 4.76. The number of nitriles is 1. The van der Waals surface area contributed by atoms with E-state index in [1.807, 2.05) is 12.1 Å². The van der Waals surface area contributed by atoms with Crippen LogP contribution in [0.2, 0.25) is 0 Å². The number of nitrogens with zero attached hydrogens (tertiary/aromatic N) is 1. The van der Waals surface area contributed by atoms with Crippen molar-refractivity contribution in [3.63, 3.8) is 0 Å². The molecular weight excluding hydrogens is 292 g/mol. The highest BCUT2D eigenvalue weighted by atomic mass is 16.5. The molecule has 0 spiro atoms. The van der Waals surface area contributed by atoms with Gasteiger partial charge in [0.1, 0.15) is 6.04 Å². The third-order valence-corrected chi connectivity index (χ3v) is 3.35. The summed E-state index contributed by atoms with van der Waals surface area (Å²) in [6.45, 7) is 0. The number of esters is 1. The number of hydrogen-bond acceptors (Lipinski definition) is 4. The maximum atomic E-state index is 12.2. The molecule has 0 heterocycles. The number of benzene rings is 2. The summed E-state index contributed by atoms with van der Waals surface area (Å²) in [5.41, 5.74) is 1.84. The molecule has 0 aliphatic heterocycles. The van der Waals surface area contributed by atoms with E-state index >= 15 is 0 Å². The minimum absolute atomic E-state index is 0.289. The van der Waals surface area contributed by atoms with Gasteiger partial charge < -0.3 is 10.1 Å². The van der Waals surface area contributed by atoms with Crippen LogP contribution in [0.15, 0.2) is 54.6 Å². The molecule has 0 aromatic heterocycles. The highest BCUT2D eigenvalue weighted by Gasteiger charge is 2.22. The topological polar surface area (TPSA) is 79.2 Å². The van der Waals surface area contributed by atoms with Crippen molar-refractivity contribution in [1.29, 1.82) is 5.26 Å². The largest absolute Gasteiger partial charge is 0.467 e. The van der Waals surface area contributed by atoms with Crippen LogP contribution >= 0.6 is 0 Å². The van der Waals surface area contributed by atoms with Gasteiger partial charge in [-0.2, -0.15) is 5.26 Å². The smallest absolute Gasteiger partial charge is 0.328 e. The molecule has 0 unspecified atom stereocenters. The maximum absolute atomic E-state index is 12.2. The zero-order valence-electron chi connectivity index (χ0n) is 12.7. The molecule has 0 aliphatic rings. The molecule has 5 heteroatoms. The fourth-order valence-electron chi connectivity index (χ4n) is 2.12. The number of amides is 1. The SMILES string of the molecule is COC(=O)[C@@H](Cc1ccc(C#N)cc1)NC(=O)c1ccccc1. The Balaban J connectivity index is 2.12. The highest BCUT2D eigenvalue weighted by Crippen LogP contribution is 2.08. The lowest BCUT2D eigenvalue weighted by Crippen LogP contribution is -2.43. The Morgan fingerprint density at radius 3 is 2.35 bits per heavy atom. The lowest BCUT2D eigenvalue weighted by atomic mass is 10.0. The Morgan fingerprint density at radius 2 is 1.78 bits per heavy atom. The van der Waals surface area contributed by atoms with Crippen molar-refractivity contribution in [2.45, 2.75) is 12.5 Å². The first-order valence-corrected chi connectivity index (χ1v) is 7.07. The third kappa shape index (κ3) is 4.42. The van der Waals surface area contributed by atoms with Crippen LogP contribution in [0.3, 0.4) is 0 Å². The second-order valence-corrected chi connectivity index (χ2v) is 4.93. The number of ether oxygens (including phenoxy) is 1. The van der Waals surface area contributed by atoms with E-state index in [0.29, 0.717) is 11.1 Å². The van der Waals surface area contributed by atoms with Gasteiger partial charge in [0.15, 0.2) is 0 Å². The predicted octanol–water partition coefficient (Wildman–Crippen LogP) is 2.07. The van der Waals surface area contributed by atoms with Crippen LogP contribution in [-0.2, 0) is 16.0 Å². The second kappa shape index (κ2) is 7.76. The summed E-state index contributed by atoms with van der Waals surface area (Å²) in [5.74, 6) is -0.853. The standard InChI is InChI=1S/C18H16N2O3/c1-23-18(22)16(11-13-7-9-14(12-19)10-8-13)20-17(21)15-5-3-2-4-6-15/h2-10,16H,11H2,1H3,(H,20,21)/t16-/m1/s1. The molecule has 23 heavy (non-hydrogen) atoms. The Kier molecular flexibility index (Phi) is 5.48. The molecular formula is C18H16N2O3. The van der Waals surface area contributed by atoms with Crippen molar-refractivity contribution in [3.8, 4) is 6.07 Å². The molecule has 116 valence electrons. The van der Waals surface area contributed by atoms with Crippen LogP contribution < -0.4 is 5.32 Å². The maximum Gasteiger partial charge on any atom is 0.328 e. The molecule has 1 N–H and O–H groups in total. The Morgan fingerprint density at radius 1 is 1.13 bits per heavy atom. The summed E-state index contributed by atoms with van der Waals surface area (Å²) in [6, 6.07) is 16.7. The van der Waals surface area contributed by atoms with Gasteiger partial charge in [0.25, 0.3) is 5.91 Å². The van der Waals surface area contributed by atoms with Gasteiger partial charge in [-0.25, -0.2) is 4.79 Å². The minimum atomic E-state index is -0.791. The molecule has 2 rings (SSSR count). The normalized spacial score (nSPS) is 11.1. The number of nitrogens with one attached hydrogen (secondary N) is 1. The van der Waals surface area contributed by atoms with E-state index in [1.165, 1.54) is 7.11 Å². The van der Waals surface area contributed by atoms with E-state index in [9.17, 15) is 9.59 Å². The zero-order chi connectivity index (χ0) is 16.7. The van der Waals surface area contributed by atoms with Gasteiger partial charge in [-0.05, 0) is 29.8 Å². The van der Waals surface area contributed by atoms with E-state index < -0.39 is 12.0 Å².